The molecular weight excluding hydrogens is 326 g/mol. The normalized spacial score (nSPS) is 22.8. The van der Waals surface area contributed by atoms with Crippen LogP contribution in [0.5, 0.6) is 0 Å². The van der Waals surface area contributed by atoms with Crippen molar-refractivity contribution in [3.8, 4) is 0 Å². The lowest BCUT2D eigenvalue weighted by Gasteiger charge is -2.47. The van der Waals surface area contributed by atoms with Crippen LogP contribution in [0.2, 0.25) is 0 Å². The van der Waals surface area contributed by atoms with Gasteiger partial charge in [-0.1, -0.05) is 12.1 Å². The molecule has 140 valence electrons. The topological polar surface area (TPSA) is 56.1 Å². The van der Waals surface area contributed by atoms with Gasteiger partial charge in [-0.15, -0.1) is 0 Å². The predicted octanol–water partition coefficient (Wildman–Crippen LogP) is 3.74. The summed E-state index contributed by atoms with van der Waals surface area (Å²) in [6.07, 6.45) is 4.53. The summed E-state index contributed by atoms with van der Waals surface area (Å²) < 4.78 is 8.09. The molecule has 1 aromatic carbocycles. The molecule has 1 amide bonds. The van der Waals surface area contributed by atoms with E-state index in [0.29, 0.717) is 0 Å². The molecule has 3 unspecified atom stereocenters. The molecule has 0 aliphatic heterocycles. The molecule has 1 N–H and O–H groups in total. The fraction of sp³-hybridized carbons (Fsp3) is 0.524. The first-order valence-electron chi connectivity index (χ1n) is 9.22. The summed E-state index contributed by atoms with van der Waals surface area (Å²) in [6, 6.07) is 5.99. The van der Waals surface area contributed by atoms with E-state index >= 15 is 0 Å². The molecule has 1 saturated carbocycles. The zero-order valence-corrected chi connectivity index (χ0v) is 16.5. The number of hydrogen-bond donors (Lipinski definition) is 1. The van der Waals surface area contributed by atoms with E-state index in [1.54, 1.807) is 6.20 Å². The van der Waals surface area contributed by atoms with Gasteiger partial charge in [-0.3, -0.25) is 9.48 Å². The SMILES string of the molecule is Cc1ccc(C)c(C(=O)NC2CC(OC(C)(C)C)C2n2cccn2)c1C. The number of carbonyl (C=O) groups excluding carboxylic acids is 1. The van der Waals surface area contributed by atoms with Gasteiger partial charge < -0.3 is 10.1 Å². The number of amides is 1. The highest BCUT2D eigenvalue weighted by atomic mass is 16.5. The molecule has 5 heteroatoms. The largest absolute Gasteiger partial charge is 0.370 e. The minimum Gasteiger partial charge on any atom is -0.370 e. The summed E-state index contributed by atoms with van der Waals surface area (Å²) >= 11 is 0. The van der Waals surface area contributed by atoms with Gasteiger partial charge in [0.1, 0.15) is 0 Å². The first-order chi connectivity index (χ1) is 12.2. The van der Waals surface area contributed by atoms with Crippen molar-refractivity contribution in [3.05, 3.63) is 52.8 Å². The van der Waals surface area contributed by atoms with Crippen molar-refractivity contribution in [1.29, 1.82) is 0 Å². The highest BCUT2D eigenvalue weighted by Gasteiger charge is 2.46. The third kappa shape index (κ3) is 3.68. The Hall–Kier alpha value is -2.14. The van der Waals surface area contributed by atoms with Crippen molar-refractivity contribution in [2.24, 2.45) is 0 Å². The van der Waals surface area contributed by atoms with Gasteiger partial charge in [0.25, 0.3) is 5.91 Å². The Balaban J connectivity index is 1.79. The number of hydrogen-bond acceptors (Lipinski definition) is 3. The Labute approximate surface area is 155 Å². The van der Waals surface area contributed by atoms with E-state index in [2.05, 4.69) is 37.3 Å². The van der Waals surface area contributed by atoms with Crippen LogP contribution in [-0.4, -0.2) is 33.4 Å². The molecule has 1 aliphatic rings. The summed E-state index contributed by atoms with van der Waals surface area (Å²) in [5, 5.41) is 7.60. The van der Waals surface area contributed by atoms with Gasteiger partial charge in [-0.25, -0.2) is 0 Å². The highest BCUT2D eigenvalue weighted by Crippen LogP contribution is 2.37. The van der Waals surface area contributed by atoms with Crippen LogP contribution in [-0.2, 0) is 4.74 Å². The van der Waals surface area contributed by atoms with Crippen LogP contribution < -0.4 is 5.32 Å². The van der Waals surface area contributed by atoms with Crippen molar-refractivity contribution in [2.75, 3.05) is 0 Å². The van der Waals surface area contributed by atoms with E-state index in [-0.39, 0.29) is 29.7 Å². The molecule has 2 aromatic rings. The van der Waals surface area contributed by atoms with Gasteiger partial charge in [0.05, 0.1) is 23.8 Å². The number of aromatic nitrogens is 2. The van der Waals surface area contributed by atoms with Crippen molar-refractivity contribution in [3.63, 3.8) is 0 Å². The van der Waals surface area contributed by atoms with Crippen molar-refractivity contribution < 1.29 is 9.53 Å². The fourth-order valence-corrected chi connectivity index (χ4v) is 3.66. The smallest absolute Gasteiger partial charge is 0.252 e. The van der Waals surface area contributed by atoms with Crippen molar-refractivity contribution in [1.82, 2.24) is 15.1 Å². The van der Waals surface area contributed by atoms with E-state index in [9.17, 15) is 4.79 Å². The number of carbonyl (C=O) groups is 1. The maximum Gasteiger partial charge on any atom is 0.252 e. The molecule has 3 atom stereocenters. The van der Waals surface area contributed by atoms with Crippen LogP contribution in [0.4, 0.5) is 0 Å². The molecule has 0 saturated heterocycles. The van der Waals surface area contributed by atoms with Crippen molar-refractivity contribution in [2.45, 2.75) is 71.8 Å². The van der Waals surface area contributed by atoms with Crippen molar-refractivity contribution >= 4 is 5.91 Å². The minimum absolute atomic E-state index is 0.00839. The molecule has 1 aromatic heterocycles. The van der Waals surface area contributed by atoms with Crippen LogP contribution in [0.1, 0.15) is 60.3 Å². The predicted molar refractivity (Wildman–Crippen MR) is 102 cm³/mol. The van der Waals surface area contributed by atoms with E-state index in [0.717, 1.165) is 28.7 Å². The first kappa shape index (κ1) is 18.6. The fourth-order valence-electron chi connectivity index (χ4n) is 3.66. The second-order valence-corrected chi connectivity index (χ2v) is 8.26. The molecule has 0 radical (unpaired) electrons. The van der Waals surface area contributed by atoms with E-state index in [4.69, 9.17) is 4.74 Å². The standard InChI is InChI=1S/C21H29N3O2/c1-13-8-9-14(2)18(15(13)3)20(25)23-16-12-17(26-21(4,5)6)19(16)24-11-7-10-22-24/h7-11,16-17,19H,12H2,1-6H3,(H,23,25). The lowest BCUT2D eigenvalue weighted by molar-refractivity contribution is -0.132. The number of benzene rings is 1. The van der Waals surface area contributed by atoms with Gasteiger partial charge in [0.15, 0.2) is 0 Å². The first-order valence-corrected chi connectivity index (χ1v) is 9.22. The zero-order chi connectivity index (χ0) is 19.1. The van der Waals surface area contributed by atoms with Crippen LogP contribution >= 0.6 is 0 Å². The Morgan fingerprint density at radius 2 is 1.92 bits per heavy atom. The Kier molecular flexibility index (Phi) is 4.93. The zero-order valence-electron chi connectivity index (χ0n) is 16.5. The summed E-state index contributed by atoms with van der Waals surface area (Å²) in [5.74, 6) is -0.0138. The summed E-state index contributed by atoms with van der Waals surface area (Å²) in [7, 11) is 0. The summed E-state index contributed by atoms with van der Waals surface area (Å²) in [6.45, 7) is 12.2. The second kappa shape index (κ2) is 6.88. The second-order valence-electron chi connectivity index (χ2n) is 8.26. The molecule has 1 fully saturated rings. The van der Waals surface area contributed by atoms with Gasteiger partial charge in [0.2, 0.25) is 0 Å². The summed E-state index contributed by atoms with van der Waals surface area (Å²) in [4.78, 5) is 13.0. The molecule has 3 rings (SSSR count). The molecule has 1 aliphatic carbocycles. The van der Waals surface area contributed by atoms with Gasteiger partial charge >= 0.3 is 0 Å². The van der Waals surface area contributed by atoms with Crippen LogP contribution in [0.15, 0.2) is 30.6 Å². The molecule has 26 heavy (non-hydrogen) atoms. The van der Waals surface area contributed by atoms with Crippen LogP contribution in [0.3, 0.4) is 0 Å². The maximum absolute atomic E-state index is 13.0. The van der Waals surface area contributed by atoms with E-state index in [1.807, 2.05) is 43.8 Å². The van der Waals surface area contributed by atoms with E-state index < -0.39 is 0 Å². The maximum atomic E-state index is 13.0. The number of ether oxygens (including phenoxy) is 1. The molecule has 5 nitrogen and oxygen atoms in total. The van der Waals surface area contributed by atoms with Crippen LogP contribution in [0, 0.1) is 20.8 Å². The van der Waals surface area contributed by atoms with Crippen LogP contribution in [0.25, 0.3) is 0 Å². The minimum atomic E-state index is -0.227. The number of nitrogens with one attached hydrogen (secondary N) is 1. The lowest BCUT2D eigenvalue weighted by Crippen LogP contribution is -2.58. The quantitative estimate of drug-likeness (QED) is 0.909. The highest BCUT2D eigenvalue weighted by molar-refractivity contribution is 5.97. The van der Waals surface area contributed by atoms with Gasteiger partial charge in [0, 0.05) is 18.0 Å². The van der Waals surface area contributed by atoms with Gasteiger partial charge in [-0.05, 0) is 70.7 Å². The van der Waals surface area contributed by atoms with E-state index in [1.165, 1.54) is 0 Å². The number of aryl methyl sites for hydroxylation is 2. The monoisotopic (exact) mass is 355 g/mol. The lowest BCUT2D eigenvalue weighted by atomic mass is 9.81. The number of rotatable bonds is 4. The average molecular weight is 355 g/mol. The van der Waals surface area contributed by atoms with Gasteiger partial charge in [-0.2, -0.15) is 5.10 Å². The Morgan fingerprint density at radius 1 is 1.23 bits per heavy atom. The Bertz CT molecular complexity index is 790. The Morgan fingerprint density at radius 3 is 2.54 bits per heavy atom. The third-order valence-electron chi connectivity index (χ3n) is 5.10. The molecule has 1 heterocycles. The average Bonchev–Trinajstić information content (AvgIpc) is 3.02. The molecule has 0 spiro atoms. The molecular formula is C21H29N3O2. The third-order valence-corrected chi connectivity index (χ3v) is 5.10. The molecule has 0 bridgehead atoms. The number of nitrogens with zero attached hydrogens (tertiary/aromatic N) is 2. The summed E-state index contributed by atoms with van der Waals surface area (Å²) in [5.41, 5.74) is 3.73.